The van der Waals surface area contributed by atoms with Gasteiger partial charge in [0.25, 0.3) is 12.1 Å². The van der Waals surface area contributed by atoms with Crippen LogP contribution in [0.2, 0.25) is 0 Å². The lowest BCUT2D eigenvalue weighted by Gasteiger charge is -2.10. The van der Waals surface area contributed by atoms with E-state index in [1.165, 1.54) is 6.92 Å². The van der Waals surface area contributed by atoms with Gasteiger partial charge in [0.1, 0.15) is 5.56 Å². The summed E-state index contributed by atoms with van der Waals surface area (Å²) in [6.07, 6.45) is -2.54. The van der Waals surface area contributed by atoms with Gasteiger partial charge in [-0.05, 0) is 6.92 Å². The number of hydrogen-bond donors (Lipinski definition) is 0. The van der Waals surface area contributed by atoms with E-state index in [-0.39, 0.29) is 6.61 Å². The number of methoxy groups -OCH3 is 1. The van der Waals surface area contributed by atoms with E-state index in [2.05, 4.69) is 14.5 Å². The highest BCUT2D eigenvalue weighted by molar-refractivity contribution is 5.97. The molecule has 0 unspecified atom stereocenters. The number of hydrogen-bond acceptors (Lipinski definition) is 6. The lowest BCUT2D eigenvalue weighted by molar-refractivity contribution is -0.386. The van der Waals surface area contributed by atoms with E-state index in [0.717, 1.165) is 7.11 Å². The maximum Gasteiger partial charge on any atom is 0.350 e. The van der Waals surface area contributed by atoms with E-state index in [1.807, 2.05) is 0 Å². The minimum absolute atomic E-state index is 0.0714. The van der Waals surface area contributed by atoms with Gasteiger partial charge >= 0.3 is 5.97 Å². The predicted molar refractivity (Wildman–Crippen MR) is 58.4 cm³/mol. The van der Waals surface area contributed by atoms with Crippen molar-refractivity contribution in [3.63, 3.8) is 0 Å². The first kappa shape index (κ1) is 14.7. The van der Waals surface area contributed by atoms with Gasteiger partial charge in [-0.3, -0.25) is 10.1 Å². The minimum Gasteiger partial charge on any atom is -0.480 e. The summed E-state index contributed by atoms with van der Waals surface area (Å²) in [5.41, 5.74) is -2.73. The van der Waals surface area contributed by atoms with Crippen molar-refractivity contribution in [3.05, 3.63) is 27.4 Å². The van der Waals surface area contributed by atoms with Gasteiger partial charge in [-0.1, -0.05) is 0 Å². The van der Waals surface area contributed by atoms with Crippen molar-refractivity contribution in [2.24, 2.45) is 0 Å². The lowest BCUT2D eigenvalue weighted by Crippen LogP contribution is -2.13. The van der Waals surface area contributed by atoms with Gasteiger partial charge in [0.05, 0.1) is 18.6 Å². The van der Waals surface area contributed by atoms with Gasteiger partial charge in [0.15, 0.2) is 5.56 Å². The van der Waals surface area contributed by atoms with E-state index in [4.69, 9.17) is 0 Å². The fourth-order valence-corrected chi connectivity index (χ4v) is 1.40. The van der Waals surface area contributed by atoms with Crippen molar-refractivity contribution in [3.8, 4) is 5.88 Å². The first-order valence-electron chi connectivity index (χ1n) is 5.10. The molecule has 104 valence electrons. The fraction of sp³-hybridized carbons (Fsp3) is 0.400. The average molecular weight is 276 g/mol. The van der Waals surface area contributed by atoms with Crippen molar-refractivity contribution in [2.75, 3.05) is 13.7 Å². The van der Waals surface area contributed by atoms with Crippen molar-refractivity contribution in [1.29, 1.82) is 0 Å². The predicted octanol–water partition coefficient (Wildman–Crippen LogP) is 2.11. The third kappa shape index (κ3) is 2.92. The summed E-state index contributed by atoms with van der Waals surface area (Å²) in [5.74, 6) is -1.57. The van der Waals surface area contributed by atoms with Crippen LogP contribution in [0.5, 0.6) is 5.88 Å². The molecular weight excluding hydrogens is 266 g/mol. The highest BCUT2D eigenvalue weighted by Crippen LogP contribution is 2.35. The van der Waals surface area contributed by atoms with E-state index >= 15 is 0 Å². The van der Waals surface area contributed by atoms with Crippen LogP contribution in [0.15, 0.2) is 6.20 Å². The number of halogens is 2. The molecule has 0 aliphatic heterocycles. The molecule has 0 radical (unpaired) electrons. The fourth-order valence-electron chi connectivity index (χ4n) is 1.40. The molecule has 0 aliphatic rings. The van der Waals surface area contributed by atoms with E-state index in [0.29, 0.717) is 6.20 Å². The second-order valence-corrected chi connectivity index (χ2v) is 3.22. The highest BCUT2D eigenvalue weighted by atomic mass is 19.3. The maximum atomic E-state index is 12.7. The average Bonchev–Trinajstić information content (AvgIpc) is 2.36. The Bertz CT molecular complexity index is 507. The number of pyridine rings is 1. The molecule has 0 saturated heterocycles. The second kappa shape index (κ2) is 6.03. The third-order valence-corrected chi connectivity index (χ3v) is 2.14. The summed E-state index contributed by atoms with van der Waals surface area (Å²) >= 11 is 0. The summed E-state index contributed by atoms with van der Waals surface area (Å²) < 4.78 is 34.7. The maximum absolute atomic E-state index is 12.7. The molecule has 0 aromatic carbocycles. The van der Waals surface area contributed by atoms with Crippen LogP contribution in [0, 0.1) is 10.1 Å². The number of aromatic nitrogens is 1. The van der Waals surface area contributed by atoms with Crippen molar-refractivity contribution in [1.82, 2.24) is 4.98 Å². The number of nitro groups is 1. The minimum atomic E-state index is -3.15. The molecule has 0 spiro atoms. The molecule has 0 amide bonds. The van der Waals surface area contributed by atoms with Gasteiger partial charge in [0, 0.05) is 6.20 Å². The van der Waals surface area contributed by atoms with Crippen LogP contribution in [-0.2, 0) is 4.74 Å². The van der Waals surface area contributed by atoms with Crippen molar-refractivity contribution >= 4 is 11.7 Å². The molecule has 1 aromatic rings. The molecule has 19 heavy (non-hydrogen) atoms. The van der Waals surface area contributed by atoms with Crippen LogP contribution >= 0.6 is 0 Å². The summed E-state index contributed by atoms with van der Waals surface area (Å²) in [6.45, 7) is 1.40. The Hall–Kier alpha value is -2.32. The number of carbonyl (C=O) groups is 1. The Morgan fingerprint density at radius 1 is 1.58 bits per heavy atom. The number of carbonyl (C=O) groups excluding carboxylic acids is 1. The van der Waals surface area contributed by atoms with Gasteiger partial charge in [-0.15, -0.1) is 0 Å². The molecule has 0 atom stereocenters. The Labute approximate surface area is 106 Å². The molecular formula is C10H10F2N2O5. The Morgan fingerprint density at radius 3 is 2.63 bits per heavy atom. The van der Waals surface area contributed by atoms with Crippen molar-refractivity contribution in [2.45, 2.75) is 13.3 Å². The Kier molecular flexibility index (Phi) is 4.67. The number of nitrogens with zero attached hydrogens (tertiary/aromatic N) is 2. The summed E-state index contributed by atoms with van der Waals surface area (Å²) in [4.78, 5) is 24.9. The Balaban J connectivity index is 3.57. The van der Waals surface area contributed by atoms with Crippen LogP contribution in [0.3, 0.4) is 0 Å². The molecule has 1 rings (SSSR count). The molecule has 0 fully saturated rings. The molecule has 0 aliphatic carbocycles. The van der Waals surface area contributed by atoms with Crippen LogP contribution in [-0.4, -0.2) is 29.6 Å². The van der Waals surface area contributed by atoms with E-state index < -0.39 is 40.0 Å². The van der Waals surface area contributed by atoms with Gasteiger partial charge < -0.3 is 9.47 Å². The zero-order valence-electron chi connectivity index (χ0n) is 10.1. The van der Waals surface area contributed by atoms with Crippen molar-refractivity contribution < 1.29 is 28.0 Å². The quantitative estimate of drug-likeness (QED) is 0.464. The van der Waals surface area contributed by atoms with E-state index in [9.17, 15) is 23.7 Å². The summed E-state index contributed by atoms with van der Waals surface area (Å²) in [7, 11) is 1.11. The topological polar surface area (TPSA) is 91.6 Å². The molecule has 1 aromatic heterocycles. The SMILES string of the molecule is CCOC(=O)c1c(OC)ncc(C(F)F)c1[N+](=O)[O-]. The number of esters is 1. The zero-order valence-corrected chi connectivity index (χ0v) is 10.1. The zero-order chi connectivity index (χ0) is 14.6. The molecule has 0 N–H and O–H groups in total. The highest BCUT2D eigenvalue weighted by Gasteiger charge is 2.34. The number of ether oxygens (including phenoxy) is 2. The van der Waals surface area contributed by atoms with Crippen LogP contribution in [0.4, 0.5) is 14.5 Å². The first-order chi connectivity index (χ1) is 8.93. The Morgan fingerprint density at radius 2 is 2.21 bits per heavy atom. The molecule has 9 heteroatoms. The van der Waals surface area contributed by atoms with Crippen LogP contribution in [0.1, 0.15) is 29.3 Å². The molecule has 1 heterocycles. The molecule has 7 nitrogen and oxygen atoms in total. The third-order valence-electron chi connectivity index (χ3n) is 2.14. The number of rotatable bonds is 5. The van der Waals surface area contributed by atoms with Gasteiger partial charge in [-0.2, -0.15) is 0 Å². The summed E-state index contributed by atoms with van der Waals surface area (Å²) in [5, 5.41) is 10.9. The smallest absolute Gasteiger partial charge is 0.350 e. The van der Waals surface area contributed by atoms with E-state index in [1.54, 1.807) is 0 Å². The normalized spacial score (nSPS) is 10.4. The van der Waals surface area contributed by atoms with Crippen LogP contribution in [0.25, 0.3) is 0 Å². The van der Waals surface area contributed by atoms with Crippen LogP contribution < -0.4 is 4.74 Å². The standard InChI is InChI=1S/C10H10F2N2O5/c1-3-19-10(15)6-7(14(16)17)5(8(11)12)4-13-9(6)18-2/h4,8H,3H2,1-2H3. The lowest BCUT2D eigenvalue weighted by atomic mass is 10.1. The van der Waals surface area contributed by atoms with Gasteiger partial charge in [-0.25, -0.2) is 18.6 Å². The van der Waals surface area contributed by atoms with Gasteiger partial charge in [0.2, 0.25) is 5.88 Å². The summed E-state index contributed by atoms with van der Waals surface area (Å²) in [6, 6.07) is 0. The monoisotopic (exact) mass is 276 g/mol. The first-order valence-corrected chi connectivity index (χ1v) is 5.10. The largest absolute Gasteiger partial charge is 0.480 e. The second-order valence-electron chi connectivity index (χ2n) is 3.22. The molecule has 0 saturated carbocycles. The number of alkyl halides is 2. The molecule has 0 bridgehead atoms.